The number of morpholine rings is 1. The van der Waals surface area contributed by atoms with Crippen LogP contribution in [0.2, 0.25) is 0 Å². The third-order valence-electron chi connectivity index (χ3n) is 4.64. The van der Waals surface area contributed by atoms with Gasteiger partial charge in [-0.05, 0) is 35.9 Å². The van der Waals surface area contributed by atoms with Crippen LogP contribution in [0.5, 0.6) is 5.75 Å². The maximum atomic E-state index is 9.60. The van der Waals surface area contributed by atoms with Crippen molar-refractivity contribution in [2.45, 2.75) is 0 Å². The lowest BCUT2D eigenvalue weighted by molar-refractivity contribution is 0.122. The highest BCUT2D eigenvalue weighted by atomic mass is 16.5. The number of allylic oxidation sites excluding steroid dienone is 1. The third kappa shape index (κ3) is 3.64. The number of anilines is 1. The molecule has 1 aliphatic rings. The Morgan fingerprint density at radius 3 is 2.70 bits per heavy atom. The van der Waals surface area contributed by atoms with Gasteiger partial charge >= 0.3 is 0 Å². The molecule has 4 rings (SSSR count). The molecular formula is C21H20N4O2. The van der Waals surface area contributed by atoms with E-state index in [-0.39, 0.29) is 0 Å². The highest BCUT2D eigenvalue weighted by Crippen LogP contribution is 2.24. The molecule has 0 bridgehead atoms. The van der Waals surface area contributed by atoms with Crippen LogP contribution in [-0.2, 0) is 4.74 Å². The van der Waals surface area contributed by atoms with E-state index >= 15 is 0 Å². The zero-order valence-corrected chi connectivity index (χ0v) is 15.1. The van der Waals surface area contributed by atoms with Crippen molar-refractivity contribution in [3.05, 3.63) is 53.9 Å². The van der Waals surface area contributed by atoms with E-state index in [4.69, 9.17) is 9.47 Å². The number of methoxy groups -OCH3 is 1. The van der Waals surface area contributed by atoms with Crippen molar-refractivity contribution >= 4 is 28.4 Å². The fourth-order valence-corrected chi connectivity index (χ4v) is 3.17. The maximum absolute atomic E-state index is 9.60. The molecule has 1 N–H and O–H groups in total. The van der Waals surface area contributed by atoms with E-state index in [0.29, 0.717) is 11.4 Å². The first kappa shape index (κ1) is 17.1. The first-order chi connectivity index (χ1) is 13.3. The van der Waals surface area contributed by atoms with Gasteiger partial charge < -0.3 is 19.4 Å². The molecule has 0 amide bonds. The minimum Gasteiger partial charge on any atom is -0.497 e. The zero-order chi connectivity index (χ0) is 18.6. The smallest absolute Gasteiger partial charge is 0.149 e. The molecule has 3 aromatic rings. The SMILES string of the molecule is COc1ccc2nc(C(C#N)=Cc3ccc(N4CCOCC4)cc3)[nH]c2c1. The Kier molecular flexibility index (Phi) is 4.77. The Morgan fingerprint density at radius 2 is 2.00 bits per heavy atom. The van der Waals surface area contributed by atoms with Crippen molar-refractivity contribution in [3.63, 3.8) is 0 Å². The van der Waals surface area contributed by atoms with Gasteiger partial charge in [0.2, 0.25) is 0 Å². The summed E-state index contributed by atoms with van der Waals surface area (Å²) < 4.78 is 10.6. The van der Waals surface area contributed by atoms with E-state index in [0.717, 1.165) is 48.6 Å². The summed E-state index contributed by atoms with van der Waals surface area (Å²) in [5, 5.41) is 9.60. The van der Waals surface area contributed by atoms with Crippen LogP contribution in [-0.4, -0.2) is 43.4 Å². The molecule has 0 radical (unpaired) electrons. The molecule has 6 nitrogen and oxygen atoms in total. The molecule has 1 aromatic heterocycles. The molecule has 136 valence electrons. The molecule has 6 heteroatoms. The summed E-state index contributed by atoms with van der Waals surface area (Å²) in [6.45, 7) is 3.33. The Bertz CT molecular complexity index is 1010. The Labute approximate surface area is 157 Å². The summed E-state index contributed by atoms with van der Waals surface area (Å²) in [4.78, 5) is 10.0. The van der Waals surface area contributed by atoms with Gasteiger partial charge in [0.25, 0.3) is 0 Å². The van der Waals surface area contributed by atoms with E-state index in [2.05, 4.69) is 33.1 Å². The normalized spacial score (nSPS) is 15.0. The van der Waals surface area contributed by atoms with Crippen LogP contribution in [0.15, 0.2) is 42.5 Å². The predicted octanol–water partition coefficient (Wildman–Crippen LogP) is 3.47. The number of hydrogen-bond acceptors (Lipinski definition) is 5. The number of hydrogen-bond donors (Lipinski definition) is 1. The third-order valence-corrected chi connectivity index (χ3v) is 4.64. The number of fused-ring (bicyclic) bond motifs is 1. The number of ether oxygens (including phenoxy) is 2. The van der Waals surface area contributed by atoms with Gasteiger partial charge in [-0.3, -0.25) is 0 Å². The first-order valence-electron chi connectivity index (χ1n) is 8.85. The average Bonchev–Trinajstić information content (AvgIpc) is 3.16. The maximum Gasteiger partial charge on any atom is 0.149 e. The van der Waals surface area contributed by atoms with E-state index in [1.165, 1.54) is 5.69 Å². The number of benzene rings is 2. The number of rotatable bonds is 4. The quantitative estimate of drug-likeness (QED) is 0.721. The van der Waals surface area contributed by atoms with Gasteiger partial charge in [0.05, 0.1) is 36.9 Å². The second-order valence-corrected chi connectivity index (χ2v) is 6.33. The number of H-pyrrole nitrogens is 1. The summed E-state index contributed by atoms with van der Waals surface area (Å²) in [7, 11) is 1.62. The number of nitrogens with one attached hydrogen (secondary N) is 1. The fourth-order valence-electron chi connectivity index (χ4n) is 3.17. The molecule has 0 unspecified atom stereocenters. The first-order valence-corrected chi connectivity index (χ1v) is 8.85. The summed E-state index contributed by atoms with van der Waals surface area (Å²) in [5.41, 5.74) is 4.26. The van der Waals surface area contributed by atoms with Gasteiger partial charge in [0, 0.05) is 24.8 Å². The van der Waals surface area contributed by atoms with Crippen molar-refractivity contribution < 1.29 is 9.47 Å². The lowest BCUT2D eigenvalue weighted by atomic mass is 10.1. The van der Waals surface area contributed by atoms with Gasteiger partial charge in [-0.25, -0.2) is 4.98 Å². The van der Waals surface area contributed by atoms with Crippen molar-refractivity contribution in [2.24, 2.45) is 0 Å². The topological polar surface area (TPSA) is 74.2 Å². The minimum atomic E-state index is 0.490. The number of aromatic nitrogens is 2. The zero-order valence-electron chi connectivity index (χ0n) is 15.1. The summed E-state index contributed by atoms with van der Waals surface area (Å²) in [5.74, 6) is 1.30. The molecular weight excluding hydrogens is 340 g/mol. The van der Waals surface area contributed by atoms with Crippen molar-refractivity contribution in [1.82, 2.24) is 9.97 Å². The Balaban J connectivity index is 1.60. The van der Waals surface area contributed by atoms with Gasteiger partial charge in [0.1, 0.15) is 17.6 Å². The van der Waals surface area contributed by atoms with E-state index in [1.54, 1.807) is 7.11 Å². The van der Waals surface area contributed by atoms with E-state index in [1.807, 2.05) is 36.4 Å². The van der Waals surface area contributed by atoms with Crippen LogP contribution in [0.25, 0.3) is 22.7 Å². The summed E-state index contributed by atoms with van der Waals surface area (Å²) in [6.07, 6.45) is 1.85. The van der Waals surface area contributed by atoms with Gasteiger partial charge in [0.15, 0.2) is 0 Å². The molecule has 2 aromatic carbocycles. The molecule has 0 atom stereocenters. The average molecular weight is 360 g/mol. The number of aromatic amines is 1. The fraction of sp³-hybridized carbons (Fsp3) is 0.238. The van der Waals surface area contributed by atoms with E-state index in [9.17, 15) is 5.26 Å². The molecule has 1 aliphatic heterocycles. The van der Waals surface area contributed by atoms with Crippen LogP contribution >= 0.6 is 0 Å². The van der Waals surface area contributed by atoms with E-state index < -0.39 is 0 Å². The number of imidazole rings is 1. The summed E-state index contributed by atoms with van der Waals surface area (Å²) >= 11 is 0. The van der Waals surface area contributed by atoms with Crippen LogP contribution in [0.4, 0.5) is 5.69 Å². The van der Waals surface area contributed by atoms with Crippen LogP contribution < -0.4 is 9.64 Å². The van der Waals surface area contributed by atoms with Crippen molar-refractivity contribution in [2.75, 3.05) is 38.3 Å². The Hall–Kier alpha value is -3.30. The number of nitriles is 1. The highest BCUT2D eigenvalue weighted by Gasteiger charge is 2.12. The minimum absolute atomic E-state index is 0.490. The second kappa shape index (κ2) is 7.52. The van der Waals surface area contributed by atoms with Crippen molar-refractivity contribution in [1.29, 1.82) is 5.26 Å². The molecule has 1 fully saturated rings. The summed E-state index contributed by atoms with van der Waals surface area (Å²) in [6, 6.07) is 16.0. The highest BCUT2D eigenvalue weighted by molar-refractivity contribution is 5.90. The van der Waals surface area contributed by atoms with Crippen LogP contribution in [0.3, 0.4) is 0 Å². The molecule has 0 spiro atoms. The molecule has 1 saturated heterocycles. The molecule has 2 heterocycles. The number of nitrogens with zero attached hydrogens (tertiary/aromatic N) is 3. The van der Waals surface area contributed by atoms with Gasteiger partial charge in [-0.1, -0.05) is 12.1 Å². The molecule has 0 saturated carbocycles. The lowest BCUT2D eigenvalue weighted by Crippen LogP contribution is -2.36. The van der Waals surface area contributed by atoms with Crippen LogP contribution in [0, 0.1) is 11.3 Å². The van der Waals surface area contributed by atoms with Gasteiger partial charge in [-0.15, -0.1) is 0 Å². The molecule has 0 aliphatic carbocycles. The molecule has 27 heavy (non-hydrogen) atoms. The standard InChI is InChI=1S/C21H20N4O2/c1-26-18-6-7-19-20(13-18)24-21(23-19)16(14-22)12-15-2-4-17(5-3-15)25-8-10-27-11-9-25/h2-7,12-13H,8-11H2,1H3,(H,23,24). The van der Waals surface area contributed by atoms with Crippen molar-refractivity contribution in [3.8, 4) is 11.8 Å². The lowest BCUT2D eigenvalue weighted by Gasteiger charge is -2.28. The van der Waals surface area contributed by atoms with Gasteiger partial charge in [-0.2, -0.15) is 5.26 Å². The monoisotopic (exact) mass is 360 g/mol. The Morgan fingerprint density at radius 1 is 1.22 bits per heavy atom. The largest absolute Gasteiger partial charge is 0.497 e. The predicted molar refractivity (Wildman–Crippen MR) is 106 cm³/mol. The second-order valence-electron chi connectivity index (χ2n) is 6.33. The van der Waals surface area contributed by atoms with Crippen LogP contribution in [0.1, 0.15) is 11.4 Å².